The topological polar surface area (TPSA) is 40.5 Å². The lowest BCUT2D eigenvalue weighted by atomic mass is 10.1. The summed E-state index contributed by atoms with van der Waals surface area (Å²) in [5.41, 5.74) is 0.447. The Bertz CT molecular complexity index is 229. The van der Waals surface area contributed by atoms with Crippen LogP contribution in [0, 0.1) is 0 Å². The van der Waals surface area contributed by atoms with Gasteiger partial charge in [-0.1, -0.05) is 12.5 Å². The van der Waals surface area contributed by atoms with E-state index >= 15 is 0 Å². The molecular formula is C11H19NO2. The third-order valence-corrected chi connectivity index (χ3v) is 2.80. The Morgan fingerprint density at radius 1 is 1.36 bits per heavy atom. The van der Waals surface area contributed by atoms with Crippen LogP contribution >= 0.6 is 0 Å². The maximum absolute atomic E-state index is 10.6. The summed E-state index contributed by atoms with van der Waals surface area (Å²) >= 11 is 0. The normalized spacial score (nSPS) is 22.0. The summed E-state index contributed by atoms with van der Waals surface area (Å²) in [7, 11) is 0. The maximum atomic E-state index is 10.6. The summed E-state index contributed by atoms with van der Waals surface area (Å²) in [6.07, 6.45) is 5.63. The lowest BCUT2D eigenvalue weighted by Crippen LogP contribution is -2.36. The summed E-state index contributed by atoms with van der Waals surface area (Å²) < 4.78 is 0. The fourth-order valence-corrected chi connectivity index (χ4v) is 1.86. The standard InChI is InChI=1S/C11H19NO2/c1-9(11(13)14)8-10(2)12-6-4-3-5-7-12/h8,10H,3-7H2,1-2H3,(H,13,14). The van der Waals surface area contributed by atoms with Crippen LogP contribution in [-0.4, -0.2) is 35.1 Å². The van der Waals surface area contributed by atoms with Crippen molar-refractivity contribution >= 4 is 5.97 Å². The minimum absolute atomic E-state index is 0.256. The summed E-state index contributed by atoms with van der Waals surface area (Å²) in [6, 6.07) is 0.256. The van der Waals surface area contributed by atoms with E-state index in [-0.39, 0.29) is 6.04 Å². The van der Waals surface area contributed by atoms with E-state index in [9.17, 15) is 4.79 Å². The van der Waals surface area contributed by atoms with Gasteiger partial charge in [-0.25, -0.2) is 4.79 Å². The van der Waals surface area contributed by atoms with Crippen LogP contribution in [0.25, 0.3) is 0 Å². The molecule has 0 aromatic rings. The Morgan fingerprint density at radius 3 is 2.43 bits per heavy atom. The van der Waals surface area contributed by atoms with Gasteiger partial charge in [-0.05, 0) is 39.8 Å². The van der Waals surface area contributed by atoms with E-state index in [0.29, 0.717) is 5.57 Å². The summed E-state index contributed by atoms with van der Waals surface area (Å²) in [5.74, 6) is -0.811. The van der Waals surface area contributed by atoms with E-state index in [2.05, 4.69) is 11.8 Å². The van der Waals surface area contributed by atoms with Crippen molar-refractivity contribution in [1.82, 2.24) is 4.90 Å². The molecule has 0 aromatic heterocycles. The Kier molecular flexibility index (Phi) is 4.14. The predicted octanol–water partition coefficient (Wildman–Crippen LogP) is 1.89. The smallest absolute Gasteiger partial charge is 0.331 e. The van der Waals surface area contributed by atoms with E-state index < -0.39 is 5.97 Å². The van der Waals surface area contributed by atoms with E-state index in [4.69, 9.17) is 5.11 Å². The second-order valence-corrected chi connectivity index (χ2v) is 3.99. The molecule has 0 bridgehead atoms. The van der Waals surface area contributed by atoms with E-state index in [1.165, 1.54) is 19.3 Å². The van der Waals surface area contributed by atoms with Crippen molar-refractivity contribution < 1.29 is 9.90 Å². The van der Waals surface area contributed by atoms with Gasteiger partial charge in [0, 0.05) is 11.6 Å². The molecule has 14 heavy (non-hydrogen) atoms. The molecule has 1 fully saturated rings. The first-order valence-electron chi connectivity index (χ1n) is 5.27. The molecular weight excluding hydrogens is 178 g/mol. The number of aliphatic carboxylic acids is 1. The first-order valence-corrected chi connectivity index (χ1v) is 5.27. The molecule has 80 valence electrons. The predicted molar refractivity (Wildman–Crippen MR) is 56.3 cm³/mol. The molecule has 1 saturated heterocycles. The summed E-state index contributed by atoms with van der Waals surface area (Å²) in [5, 5.41) is 8.74. The second-order valence-electron chi connectivity index (χ2n) is 3.99. The first kappa shape index (κ1) is 11.2. The highest BCUT2D eigenvalue weighted by Crippen LogP contribution is 2.13. The van der Waals surface area contributed by atoms with Crippen molar-refractivity contribution in [2.75, 3.05) is 13.1 Å². The van der Waals surface area contributed by atoms with Gasteiger partial charge in [0.2, 0.25) is 0 Å². The highest BCUT2D eigenvalue weighted by molar-refractivity contribution is 5.85. The molecule has 0 radical (unpaired) electrons. The average Bonchev–Trinajstić information content (AvgIpc) is 2.19. The lowest BCUT2D eigenvalue weighted by Gasteiger charge is -2.30. The van der Waals surface area contributed by atoms with Gasteiger partial charge in [0.1, 0.15) is 0 Å². The molecule has 0 spiro atoms. The molecule has 3 nitrogen and oxygen atoms in total. The van der Waals surface area contributed by atoms with Crippen molar-refractivity contribution in [2.45, 2.75) is 39.2 Å². The van der Waals surface area contributed by atoms with Crippen LogP contribution in [0.3, 0.4) is 0 Å². The number of hydrogen-bond acceptors (Lipinski definition) is 2. The first-order chi connectivity index (χ1) is 6.61. The minimum atomic E-state index is -0.811. The lowest BCUT2D eigenvalue weighted by molar-refractivity contribution is -0.132. The Balaban J connectivity index is 2.51. The van der Waals surface area contributed by atoms with Crippen molar-refractivity contribution in [3.8, 4) is 0 Å². The van der Waals surface area contributed by atoms with E-state index in [0.717, 1.165) is 13.1 Å². The molecule has 0 amide bonds. The fraction of sp³-hybridized carbons (Fsp3) is 0.727. The van der Waals surface area contributed by atoms with E-state index in [1.54, 1.807) is 6.92 Å². The molecule has 1 N–H and O–H groups in total. The molecule has 0 aromatic carbocycles. The second kappa shape index (κ2) is 5.15. The van der Waals surface area contributed by atoms with Gasteiger partial charge in [0.25, 0.3) is 0 Å². The van der Waals surface area contributed by atoms with Crippen LogP contribution in [-0.2, 0) is 4.79 Å². The quantitative estimate of drug-likeness (QED) is 0.702. The molecule has 1 rings (SSSR count). The minimum Gasteiger partial charge on any atom is -0.478 e. The van der Waals surface area contributed by atoms with Gasteiger partial charge in [0.05, 0.1) is 0 Å². The van der Waals surface area contributed by atoms with Crippen molar-refractivity contribution in [1.29, 1.82) is 0 Å². The summed E-state index contributed by atoms with van der Waals surface area (Å²) in [6.45, 7) is 5.93. The zero-order chi connectivity index (χ0) is 10.6. The third-order valence-electron chi connectivity index (χ3n) is 2.80. The highest BCUT2D eigenvalue weighted by atomic mass is 16.4. The number of nitrogens with zero attached hydrogens (tertiary/aromatic N) is 1. The largest absolute Gasteiger partial charge is 0.478 e. The Hall–Kier alpha value is -0.830. The van der Waals surface area contributed by atoms with Crippen LogP contribution in [0.4, 0.5) is 0 Å². The number of carboxylic acids is 1. The molecule has 1 unspecified atom stereocenters. The highest BCUT2D eigenvalue weighted by Gasteiger charge is 2.15. The fourth-order valence-electron chi connectivity index (χ4n) is 1.86. The van der Waals surface area contributed by atoms with Crippen LogP contribution in [0.2, 0.25) is 0 Å². The molecule has 1 aliphatic heterocycles. The molecule has 0 aliphatic carbocycles. The monoisotopic (exact) mass is 197 g/mol. The zero-order valence-electron chi connectivity index (χ0n) is 8.99. The van der Waals surface area contributed by atoms with Crippen molar-refractivity contribution in [3.63, 3.8) is 0 Å². The number of carboxylic acid groups (broad SMARTS) is 1. The summed E-state index contributed by atoms with van der Waals surface area (Å²) in [4.78, 5) is 13.0. The van der Waals surface area contributed by atoms with Gasteiger partial charge in [-0.2, -0.15) is 0 Å². The number of carbonyl (C=O) groups is 1. The zero-order valence-corrected chi connectivity index (χ0v) is 8.99. The van der Waals surface area contributed by atoms with Gasteiger partial charge in [0.15, 0.2) is 0 Å². The van der Waals surface area contributed by atoms with Crippen LogP contribution in [0.1, 0.15) is 33.1 Å². The third kappa shape index (κ3) is 3.14. The van der Waals surface area contributed by atoms with E-state index in [1.807, 2.05) is 6.08 Å². The van der Waals surface area contributed by atoms with Crippen LogP contribution < -0.4 is 0 Å². The van der Waals surface area contributed by atoms with Gasteiger partial charge >= 0.3 is 5.97 Å². The van der Waals surface area contributed by atoms with Crippen molar-refractivity contribution in [2.24, 2.45) is 0 Å². The number of hydrogen-bond donors (Lipinski definition) is 1. The number of likely N-dealkylation sites (tertiary alicyclic amines) is 1. The molecule has 1 atom stereocenters. The molecule has 1 aliphatic rings. The van der Waals surface area contributed by atoms with Gasteiger partial charge < -0.3 is 5.11 Å². The SMILES string of the molecule is CC(=CC(C)N1CCCCC1)C(=O)O. The van der Waals surface area contributed by atoms with Crippen LogP contribution in [0.15, 0.2) is 11.6 Å². The maximum Gasteiger partial charge on any atom is 0.331 e. The number of rotatable bonds is 3. The van der Waals surface area contributed by atoms with Gasteiger partial charge in [-0.3, -0.25) is 4.90 Å². The van der Waals surface area contributed by atoms with Gasteiger partial charge in [-0.15, -0.1) is 0 Å². The number of piperidine rings is 1. The molecule has 1 heterocycles. The molecule has 0 saturated carbocycles. The molecule has 3 heteroatoms. The van der Waals surface area contributed by atoms with Crippen LogP contribution in [0.5, 0.6) is 0 Å². The Morgan fingerprint density at radius 2 is 1.93 bits per heavy atom. The Labute approximate surface area is 85.4 Å². The average molecular weight is 197 g/mol. The van der Waals surface area contributed by atoms with Crippen molar-refractivity contribution in [3.05, 3.63) is 11.6 Å².